The average Bonchev–Trinajstić information content (AvgIpc) is 2.96. The van der Waals surface area contributed by atoms with Crippen LogP contribution in [0.4, 0.5) is 10.9 Å². The van der Waals surface area contributed by atoms with Gasteiger partial charge in [0.1, 0.15) is 10.7 Å². The van der Waals surface area contributed by atoms with Crippen molar-refractivity contribution < 1.29 is 4.79 Å². The summed E-state index contributed by atoms with van der Waals surface area (Å²) in [6, 6.07) is 7.23. The summed E-state index contributed by atoms with van der Waals surface area (Å²) in [5, 5.41) is 7.11. The summed E-state index contributed by atoms with van der Waals surface area (Å²) in [6.07, 6.45) is 4.96. The summed E-state index contributed by atoms with van der Waals surface area (Å²) < 4.78 is 0. The third-order valence-electron chi connectivity index (χ3n) is 3.14. The first-order chi connectivity index (χ1) is 11.6. The van der Waals surface area contributed by atoms with E-state index in [0.717, 1.165) is 5.56 Å². The molecule has 0 saturated carbocycles. The number of nitrogens with one attached hydrogen (secondary N) is 2. The van der Waals surface area contributed by atoms with E-state index in [9.17, 15) is 4.79 Å². The second-order valence-electron chi connectivity index (χ2n) is 4.96. The average molecular weight is 360 g/mol. The highest BCUT2D eigenvalue weighted by atomic mass is 35.5. The fourth-order valence-corrected chi connectivity index (χ4v) is 2.99. The molecule has 3 heterocycles. The minimum Gasteiger partial charge on any atom is -0.347 e. The number of hydrogen-bond donors (Lipinski definition) is 2. The summed E-state index contributed by atoms with van der Waals surface area (Å²) in [5.74, 6) is 0.460. The summed E-state index contributed by atoms with van der Waals surface area (Å²) >= 11 is 7.09. The molecule has 8 heteroatoms. The van der Waals surface area contributed by atoms with Crippen LogP contribution in [0.25, 0.3) is 0 Å². The van der Waals surface area contributed by atoms with Crippen LogP contribution in [-0.4, -0.2) is 20.9 Å². The molecule has 3 aromatic heterocycles. The number of amides is 1. The lowest BCUT2D eigenvalue weighted by Crippen LogP contribution is -2.22. The van der Waals surface area contributed by atoms with Gasteiger partial charge in [0.2, 0.25) is 0 Å². The van der Waals surface area contributed by atoms with Gasteiger partial charge in [-0.3, -0.25) is 9.78 Å². The van der Waals surface area contributed by atoms with Crippen molar-refractivity contribution in [2.75, 3.05) is 5.32 Å². The molecule has 0 radical (unpaired) electrons. The lowest BCUT2D eigenvalue weighted by Gasteiger charge is -2.03. The molecular weight excluding hydrogens is 346 g/mol. The Morgan fingerprint density at radius 1 is 1.29 bits per heavy atom. The maximum absolute atomic E-state index is 12.3. The Morgan fingerprint density at radius 3 is 2.88 bits per heavy atom. The second kappa shape index (κ2) is 7.37. The van der Waals surface area contributed by atoms with Gasteiger partial charge in [-0.05, 0) is 30.7 Å². The van der Waals surface area contributed by atoms with Crippen LogP contribution in [-0.2, 0) is 6.54 Å². The van der Waals surface area contributed by atoms with Gasteiger partial charge in [-0.1, -0.05) is 29.0 Å². The molecule has 0 aliphatic heterocycles. The minimum absolute atomic E-state index is 0.161. The van der Waals surface area contributed by atoms with E-state index in [0.29, 0.717) is 33.1 Å². The fraction of sp³-hybridized carbons (Fsp3) is 0.125. The zero-order valence-electron chi connectivity index (χ0n) is 12.8. The third-order valence-corrected chi connectivity index (χ3v) is 4.44. The number of aryl methyl sites for hydroxylation is 1. The maximum Gasteiger partial charge on any atom is 0.263 e. The smallest absolute Gasteiger partial charge is 0.263 e. The van der Waals surface area contributed by atoms with Gasteiger partial charge in [-0.2, -0.15) is 0 Å². The Bertz CT molecular complexity index is 835. The molecule has 0 atom stereocenters. The summed E-state index contributed by atoms with van der Waals surface area (Å²) in [7, 11) is 0. The van der Waals surface area contributed by atoms with Crippen LogP contribution in [0.5, 0.6) is 0 Å². The Balaban J connectivity index is 1.66. The van der Waals surface area contributed by atoms with Gasteiger partial charge in [-0.25, -0.2) is 9.97 Å². The van der Waals surface area contributed by atoms with E-state index >= 15 is 0 Å². The van der Waals surface area contributed by atoms with Gasteiger partial charge in [0, 0.05) is 25.1 Å². The van der Waals surface area contributed by atoms with Crippen LogP contribution in [0.3, 0.4) is 0 Å². The topological polar surface area (TPSA) is 79.8 Å². The normalized spacial score (nSPS) is 10.4. The highest BCUT2D eigenvalue weighted by Crippen LogP contribution is 2.25. The molecule has 122 valence electrons. The van der Waals surface area contributed by atoms with Crippen LogP contribution < -0.4 is 10.6 Å². The number of thiazole rings is 1. The van der Waals surface area contributed by atoms with E-state index in [1.165, 1.54) is 11.3 Å². The summed E-state index contributed by atoms with van der Waals surface area (Å²) in [6.45, 7) is 2.22. The maximum atomic E-state index is 12.3. The monoisotopic (exact) mass is 359 g/mol. The molecule has 0 unspecified atom stereocenters. The van der Waals surface area contributed by atoms with Crippen LogP contribution in [0.1, 0.15) is 20.9 Å². The van der Waals surface area contributed by atoms with Gasteiger partial charge >= 0.3 is 0 Å². The third kappa shape index (κ3) is 4.06. The number of carbonyl (C=O) groups excluding carboxylic acids is 1. The Labute approximate surface area is 148 Å². The number of rotatable bonds is 5. The first kappa shape index (κ1) is 16.4. The first-order valence-electron chi connectivity index (χ1n) is 7.15. The van der Waals surface area contributed by atoms with Crippen molar-refractivity contribution in [3.63, 3.8) is 0 Å². The van der Waals surface area contributed by atoms with Crippen LogP contribution in [0.2, 0.25) is 5.02 Å². The zero-order chi connectivity index (χ0) is 16.9. The zero-order valence-corrected chi connectivity index (χ0v) is 14.4. The molecule has 0 fully saturated rings. The standard InChI is InChI=1S/C16H14ClN5OS/c1-10-14(15(23)20-8-11-3-2-6-18-7-11)24-16(21-10)22-13-5-4-12(17)9-19-13/h2-7,9H,8H2,1H3,(H,20,23)(H,19,21,22). The van der Waals surface area contributed by atoms with E-state index < -0.39 is 0 Å². The lowest BCUT2D eigenvalue weighted by atomic mass is 10.3. The van der Waals surface area contributed by atoms with E-state index in [1.54, 1.807) is 37.6 Å². The highest BCUT2D eigenvalue weighted by molar-refractivity contribution is 7.17. The van der Waals surface area contributed by atoms with Crippen LogP contribution >= 0.6 is 22.9 Å². The van der Waals surface area contributed by atoms with Gasteiger partial charge in [-0.15, -0.1) is 0 Å². The minimum atomic E-state index is -0.161. The van der Waals surface area contributed by atoms with E-state index in [-0.39, 0.29) is 5.91 Å². The van der Waals surface area contributed by atoms with Crippen molar-refractivity contribution >= 4 is 39.8 Å². The van der Waals surface area contributed by atoms with Gasteiger partial charge in [0.15, 0.2) is 5.13 Å². The molecule has 0 bridgehead atoms. The molecule has 1 amide bonds. The van der Waals surface area contributed by atoms with Crippen LogP contribution in [0.15, 0.2) is 42.9 Å². The molecule has 3 aromatic rings. The van der Waals surface area contributed by atoms with Crippen molar-refractivity contribution in [2.24, 2.45) is 0 Å². The molecule has 0 aromatic carbocycles. The fourth-order valence-electron chi connectivity index (χ4n) is 1.99. The van der Waals surface area contributed by atoms with Gasteiger partial charge in [0.25, 0.3) is 5.91 Å². The van der Waals surface area contributed by atoms with Crippen LogP contribution in [0, 0.1) is 6.92 Å². The van der Waals surface area contributed by atoms with Crippen molar-refractivity contribution in [3.05, 3.63) is 64.0 Å². The molecule has 24 heavy (non-hydrogen) atoms. The highest BCUT2D eigenvalue weighted by Gasteiger charge is 2.15. The van der Waals surface area contributed by atoms with Gasteiger partial charge < -0.3 is 10.6 Å². The number of nitrogens with zero attached hydrogens (tertiary/aromatic N) is 3. The number of hydrogen-bond acceptors (Lipinski definition) is 6. The van der Waals surface area contributed by atoms with Crippen molar-refractivity contribution in [1.82, 2.24) is 20.3 Å². The van der Waals surface area contributed by atoms with Crippen molar-refractivity contribution in [1.29, 1.82) is 0 Å². The Morgan fingerprint density at radius 2 is 2.17 bits per heavy atom. The van der Waals surface area contributed by atoms with Gasteiger partial charge in [0.05, 0.1) is 10.7 Å². The molecule has 0 aliphatic rings. The number of anilines is 2. The largest absolute Gasteiger partial charge is 0.347 e. The molecule has 0 saturated heterocycles. The molecular formula is C16H14ClN5OS. The molecule has 0 aliphatic carbocycles. The van der Waals surface area contributed by atoms with E-state index in [1.807, 2.05) is 12.1 Å². The summed E-state index contributed by atoms with van der Waals surface area (Å²) in [5.41, 5.74) is 1.61. The summed E-state index contributed by atoms with van der Waals surface area (Å²) in [4.78, 5) is 25.4. The number of aromatic nitrogens is 3. The molecule has 6 nitrogen and oxygen atoms in total. The molecule has 0 spiro atoms. The van der Waals surface area contributed by atoms with Crippen molar-refractivity contribution in [3.8, 4) is 0 Å². The number of carbonyl (C=O) groups is 1. The van der Waals surface area contributed by atoms with E-state index in [4.69, 9.17) is 11.6 Å². The van der Waals surface area contributed by atoms with Crippen molar-refractivity contribution in [2.45, 2.75) is 13.5 Å². The van der Waals surface area contributed by atoms with E-state index in [2.05, 4.69) is 25.6 Å². The molecule has 2 N–H and O–H groups in total. The second-order valence-corrected chi connectivity index (χ2v) is 6.40. The lowest BCUT2D eigenvalue weighted by molar-refractivity contribution is 0.0954. The Kier molecular flexibility index (Phi) is 5.02. The quantitative estimate of drug-likeness (QED) is 0.728. The predicted octanol–water partition coefficient (Wildman–Crippen LogP) is 3.57. The Hall–Kier alpha value is -2.51. The SMILES string of the molecule is Cc1nc(Nc2ccc(Cl)cn2)sc1C(=O)NCc1cccnc1. The number of halogens is 1. The number of pyridine rings is 2. The predicted molar refractivity (Wildman–Crippen MR) is 94.8 cm³/mol. The first-order valence-corrected chi connectivity index (χ1v) is 8.34. The molecule has 3 rings (SSSR count).